The fourth-order valence-electron chi connectivity index (χ4n) is 2.93. The molecule has 0 fully saturated rings. The largest absolute Gasteiger partial charge is 0.480 e. The number of hydrogen-bond donors (Lipinski definition) is 4. The van der Waals surface area contributed by atoms with Crippen LogP contribution < -0.4 is 16.4 Å². The van der Waals surface area contributed by atoms with Crippen molar-refractivity contribution in [1.29, 1.82) is 0 Å². The quantitative estimate of drug-likeness (QED) is 0.261. The van der Waals surface area contributed by atoms with Gasteiger partial charge in [-0.15, -0.1) is 0 Å². The van der Waals surface area contributed by atoms with E-state index < -0.39 is 12.0 Å². The van der Waals surface area contributed by atoms with Crippen LogP contribution >= 0.6 is 0 Å². The van der Waals surface area contributed by atoms with Crippen molar-refractivity contribution >= 4 is 11.9 Å². The van der Waals surface area contributed by atoms with Crippen LogP contribution in [0.1, 0.15) is 90.4 Å². The molecule has 26 heavy (non-hydrogen) atoms. The molecule has 0 rings (SSSR count). The van der Waals surface area contributed by atoms with Crippen LogP contribution in [0, 0.1) is 0 Å². The molecular formula is C20H41N3O3. The van der Waals surface area contributed by atoms with Crippen molar-refractivity contribution < 1.29 is 14.7 Å². The Morgan fingerprint density at radius 1 is 0.885 bits per heavy atom. The molecule has 0 aliphatic heterocycles. The van der Waals surface area contributed by atoms with Gasteiger partial charge in [-0.2, -0.15) is 0 Å². The third-order valence-corrected chi connectivity index (χ3v) is 4.57. The molecule has 0 bridgehead atoms. The summed E-state index contributed by atoms with van der Waals surface area (Å²) in [6, 6.07) is -0.812. The van der Waals surface area contributed by atoms with Gasteiger partial charge in [0.05, 0.1) is 6.54 Å². The van der Waals surface area contributed by atoms with E-state index in [1.165, 1.54) is 57.8 Å². The molecule has 0 aliphatic carbocycles. The second-order valence-corrected chi connectivity index (χ2v) is 7.10. The molecule has 6 heteroatoms. The van der Waals surface area contributed by atoms with Crippen LogP contribution in [0.4, 0.5) is 0 Å². The zero-order valence-corrected chi connectivity index (χ0v) is 16.7. The van der Waals surface area contributed by atoms with E-state index in [4.69, 9.17) is 10.8 Å². The van der Waals surface area contributed by atoms with Gasteiger partial charge in [-0.3, -0.25) is 4.79 Å². The van der Waals surface area contributed by atoms with Gasteiger partial charge in [0, 0.05) is 0 Å². The summed E-state index contributed by atoms with van der Waals surface area (Å²) in [5.41, 5.74) is 5.40. The molecule has 0 spiro atoms. The van der Waals surface area contributed by atoms with Gasteiger partial charge in [0.15, 0.2) is 0 Å². The Morgan fingerprint density at radius 2 is 1.46 bits per heavy atom. The predicted octanol–water partition coefficient (Wildman–Crippen LogP) is 3.20. The van der Waals surface area contributed by atoms with Crippen LogP contribution in [0.25, 0.3) is 0 Å². The summed E-state index contributed by atoms with van der Waals surface area (Å²) in [4.78, 5) is 22.9. The van der Waals surface area contributed by atoms with E-state index in [0.29, 0.717) is 19.4 Å². The molecule has 0 radical (unpaired) electrons. The molecule has 1 unspecified atom stereocenters. The number of unbranched alkanes of at least 4 members (excludes halogenated alkanes) is 10. The Bertz CT molecular complexity index is 351. The fourth-order valence-corrected chi connectivity index (χ4v) is 2.93. The molecule has 1 amide bonds. The number of carboxylic acids is 1. The van der Waals surface area contributed by atoms with E-state index >= 15 is 0 Å². The lowest BCUT2D eigenvalue weighted by molar-refractivity contribution is -0.141. The second-order valence-electron chi connectivity index (χ2n) is 7.10. The molecule has 0 aromatic heterocycles. The second kappa shape index (κ2) is 18.6. The summed E-state index contributed by atoms with van der Waals surface area (Å²) < 4.78 is 0. The van der Waals surface area contributed by atoms with Crippen molar-refractivity contribution in [3.05, 3.63) is 0 Å². The van der Waals surface area contributed by atoms with Crippen molar-refractivity contribution in [2.45, 2.75) is 96.4 Å². The van der Waals surface area contributed by atoms with Gasteiger partial charge in [0.2, 0.25) is 5.91 Å². The van der Waals surface area contributed by atoms with Gasteiger partial charge in [-0.05, 0) is 38.8 Å². The molecular weight excluding hydrogens is 330 g/mol. The SMILES string of the molecule is CCCCCCCCCCCCNCC(=O)NC(CCCCN)C(=O)O. The van der Waals surface area contributed by atoms with E-state index in [2.05, 4.69) is 17.6 Å². The first-order chi connectivity index (χ1) is 12.6. The first kappa shape index (κ1) is 24.9. The fraction of sp³-hybridized carbons (Fsp3) is 0.900. The zero-order valence-electron chi connectivity index (χ0n) is 16.7. The van der Waals surface area contributed by atoms with Crippen LogP contribution in [0.5, 0.6) is 0 Å². The van der Waals surface area contributed by atoms with Crippen LogP contribution in [-0.2, 0) is 9.59 Å². The average Bonchev–Trinajstić information content (AvgIpc) is 2.61. The molecule has 6 nitrogen and oxygen atoms in total. The normalized spacial score (nSPS) is 12.1. The Kier molecular flexibility index (Phi) is 17.8. The van der Waals surface area contributed by atoms with Gasteiger partial charge in [-0.1, -0.05) is 64.7 Å². The molecule has 0 aromatic carbocycles. The van der Waals surface area contributed by atoms with Crippen molar-refractivity contribution in [2.75, 3.05) is 19.6 Å². The number of carbonyl (C=O) groups is 2. The maximum absolute atomic E-state index is 11.8. The highest BCUT2D eigenvalue weighted by atomic mass is 16.4. The number of nitrogens with one attached hydrogen (secondary N) is 2. The Balaban J connectivity index is 3.50. The van der Waals surface area contributed by atoms with E-state index in [1.54, 1.807) is 0 Å². The third-order valence-electron chi connectivity index (χ3n) is 4.57. The number of nitrogens with two attached hydrogens (primary N) is 1. The van der Waals surface area contributed by atoms with Crippen molar-refractivity contribution in [3.63, 3.8) is 0 Å². The average molecular weight is 372 g/mol. The van der Waals surface area contributed by atoms with Crippen molar-refractivity contribution in [1.82, 2.24) is 10.6 Å². The summed E-state index contributed by atoms with van der Waals surface area (Å²) in [5.74, 6) is -1.23. The van der Waals surface area contributed by atoms with Crippen molar-refractivity contribution in [2.24, 2.45) is 5.73 Å². The number of aliphatic carboxylic acids is 1. The molecule has 5 N–H and O–H groups in total. The first-order valence-electron chi connectivity index (χ1n) is 10.5. The molecule has 0 aromatic rings. The predicted molar refractivity (Wildman–Crippen MR) is 107 cm³/mol. The minimum Gasteiger partial charge on any atom is -0.480 e. The standard InChI is InChI=1S/C20H41N3O3/c1-2-3-4-5-6-7-8-9-10-13-16-22-17-19(24)23-18(20(25)26)14-11-12-15-21/h18,22H,2-17,21H2,1H3,(H,23,24)(H,25,26). The van der Waals surface area contributed by atoms with Gasteiger partial charge in [0.1, 0.15) is 6.04 Å². The van der Waals surface area contributed by atoms with Gasteiger partial charge in [0.25, 0.3) is 0 Å². The number of amides is 1. The topological polar surface area (TPSA) is 104 Å². The zero-order chi connectivity index (χ0) is 19.5. The molecule has 0 heterocycles. The highest BCUT2D eigenvalue weighted by Crippen LogP contribution is 2.10. The van der Waals surface area contributed by atoms with E-state index in [-0.39, 0.29) is 12.5 Å². The number of carboxylic acid groups (broad SMARTS) is 1. The summed E-state index contributed by atoms with van der Waals surface area (Å²) in [7, 11) is 0. The van der Waals surface area contributed by atoms with Crippen molar-refractivity contribution in [3.8, 4) is 0 Å². The summed E-state index contributed by atoms with van der Waals surface area (Å²) >= 11 is 0. The highest BCUT2D eigenvalue weighted by Gasteiger charge is 2.18. The van der Waals surface area contributed by atoms with Gasteiger partial charge in [-0.25, -0.2) is 4.79 Å². The van der Waals surface area contributed by atoms with E-state index in [0.717, 1.165) is 19.4 Å². The summed E-state index contributed by atoms with van der Waals surface area (Å²) in [6.07, 6.45) is 14.8. The monoisotopic (exact) mass is 371 g/mol. The number of carbonyl (C=O) groups excluding carboxylic acids is 1. The van der Waals surface area contributed by atoms with Crippen LogP contribution in [0.15, 0.2) is 0 Å². The lowest BCUT2D eigenvalue weighted by Crippen LogP contribution is -2.44. The van der Waals surface area contributed by atoms with E-state index in [9.17, 15) is 9.59 Å². The number of rotatable bonds is 19. The first-order valence-corrected chi connectivity index (χ1v) is 10.5. The maximum Gasteiger partial charge on any atom is 0.326 e. The Hall–Kier alpha value is -1.14. The van der Waals surface area contributed by atoms with Crippen LogP contribution in [0.3, 0.4) is 0 Å². The summed E-state index contributed by atoms with van der Waals surface area (Å²) in [5, 5.41) is 14.8. The lowest BCUT2D eigenvalue weighted by atomic mass is 10.1. The molecule has 0 saturated heterocycles. The van der Waals surface area contributed by atoms with Crippen LogP contribution in [0.2, 0.25) is 0 Å². The Morgan fingerprint density at radius 3 is 2.00 bits per heavy atom. The Labute approximate surface area is 159 Å². The number of hydrogen-bond acceptors (Lipinski definition) is 4. The third kappa shape index (κ3) is 16.3. The minimum atomic E-state index is -0.981. The molecule has 1 atom stereocenters. The van der Waals surface area contributed by atoms with Crippen LogP contribution in [-0.4, -0.2) is 42.7 Å². The lowest BCUT2D eigenvalue weighted by Gasteiger charge is -2.14. The molecule has 154 valence electrons. The van der Waals surface area contributed by atoms with E-state index in [1.807, 2.05) is 0 Å². The minimum absolute atomic E-state index is 0.179. The van der Waals surface area contributed by atoms with Gasteiger partial charge >= 0.3 is 5.97 Å². The molecule has 0 aliphatic rings. The highest BCUT2D eigenvalue weighted by molar-refractivity contribution is 5.84. The molecule has 0 saturated carbocycles. The summed E-state index contributed by atoms with van der Waals surface area (Å²) in [6.45, 7) is 3.76. The smallest absolute Gasteiger partial charge is 0.326 e. The maximum atomic E-state index is 11.8. The van der Waals surface area contributed by atoms with Gasteiger partial charge < -0.3 is 21.5 Å².